The third-order valence-electron chi connectivity index (χ3n) is 3.28. The van der Waals surface area contributed by atoms with Gasteiger partial charge in [-0.05, 0) is 19.1 Å². The minimum Gasteiger partial charge on any atom is -0.377 e. The van der Waals surface area contributed by atoms with Gasteiger partial charge in [0.2, 0.25) is 0 Å². The van der Waals surface area contributed by atoms with Crippen LogP contribution in [0.25, 0.3) is 10.9 Å². The lowest BCUT2D eigenvalue weighted by Crippen LogP contribution is -2.44. The maximum absolute atomic E-state index is 6.32. The van der Waals surface area contributed by atoms with Gasteiger partial charge in [0.05, 0.1) is 24.3 Å². The normalized spacial score (nSPS) is 19.9. The molecule has 1 unspecified atom stereocenters. The van der Waals surface area contributed by atoms with E-state index >= 15 is 0 Å². The van der Waals surface area contributed by atoms with E-state index < -0.39 is 0 Å². The molecule has 2 aromatic heterocycles. The van der Waals surface area contributed by atoms with Gasteiger partial charge in [-0.15, -0.1) is 0 Å². The van der Waals surface area contributed by atoms with Gasteiger partial charge in [-0.3, -0.25) is 0 Å². The third kappa shape index (κ3) is 2.36. The molecule has 4 nitrogen and oxygen atoms in total. The number of fused-ring (bicyclic) bond motifs is 1. The predicted molar refractivity (Wildman–Crippen MR) is 77.2 cm³/mol. The molecule has 0 spiro atoms. The Morgan fingerprint density at radius 1 is 1.42 bits per heavy atom. The quantitative estimate of drug-likeness (QED) is 0.758. The van der Waals surface area contributed by atoms with Crippen LogP contribution in [-0.2, 0) is 4.74 Å². The van der Waals surface area contributed by atoms with Gasteiger partial charge in [0.1, 0.15) is 11.3 Å². The van der Waals surface area contributed by atoms with Crippen molar-refractivity contribution in [1.82, 2.24) is 9.97 Å². The molecule has 0 N–H and O–H groups in total. The summed E-state index contributed by atoms with van der Waals surface area (Å²) in [7, 11) is 0. The second-order valence-electron chi connectivity index (χ2n) is 4.58. The molecule has 6 heteroatoms. The zero-order valence-corrected chi connectivity index (χ0v) is 11.9. The van der Waals surface area contributed by atoms with E-state index in [1.807, 2.05) is 12.1 Å². The Balaban J connectivity index is 2.12. The van der Waals surface area contributed by atoms with E-state index in [9.17, 15) is 0 Å². The van der Waals surface area contributed by atoms with Crippen molar-refractivity contribution >= 4 is 39.9 Å². The molecule has 1 fully saturated rings. The van der Waals surface area contributed by atoms with Crippen LogP contribution < -0.4 is 4.90 Å². The van der Waals surface area contributed by atoms with Crippen molar-refractivity contribution in [2.45, 2.75) is 13.0 Å². The molecule has 19 heavy (non-hydrogen) atoms. The molecule has 0 aromatic carbocycles. The third-order valence-corrected chi connectivity index (χ3v) is 3.87. The average Bonchev–Trinajstić information content (AvgIpc) is 2.40. The lowest BCUT2D eigenvalue weighted by Gasteiger charge is -2.34. The fraction of sp³-hybridized carbons (Fsp3) is 0.385. The highest BCUT2D eigenvalue weighted by atomic mass is 35.5. The fourth-order valence-corrected chi connectivity index (χ4v) is 2.73. The Labute approximate surface area is 121 Å². The molecule has 0 amide bonds. The molecule has 1 atom stereocenters. The summed E-state index contributed by atoms with van der Waals surface area (Å²) in [4.78, 5) is 10.8. The highest BCUT2D eigenvalue weighted by Crippen LogP contribution is 2.30. The van der Waals surface area contributed by atoms with Gasteiger partial charge in [0.15, 0.2) is 5.15 Å². The van der Waals surface area contributed by atoms with E-state index in [-0.39, 0.29) is 6.04 Å². The molecule has 3 rings (SSSR count). The van der Waals surface area contributed by atoms with Crippen LogP contribution in [0.1, 0.15) is 6.92 Å². The molecule has 3 heterocycles. The average molecular weight is 298 g/mol. The van der Waals surface area contributed by atoms with Gasteiger partial charge in [-0.25, -0.2) is 9.97 Å². The SMILES string of the molecule is CC1COCCN1c1cc(Cl)c2ccnc(Cl)c2n1. The van der Waals surface area contributed by atoms with Crippen LogP contribution in [-0.4, -0.2) is 35.8 Å². The van der Waals surface area contributed by atoms with E-state index in [2.05, 4.69) is 21.8 Å². The van der Waals surface area contributed by atoms with Crippen LogP contribution in [0.3, 0.4) is 0 Å². The molecule has 0 saturated carbocycles. The van der Waals surface area contributed by atoms with Crippen LogP contribution in [0.5, 0.6) is 0 Å². The summed E-state index contributed by atoms with van der Waals surface area (Å²) in [5, 5.41) is 1.84. The van der Waals surface area contributed by atoms with Crippen molar-refractivity contribution in [3.8, 4) is 0 Å². The fourth-order valence-electron chi connectivity index (χ4n) is 2.28. The largest absolute Gasteiger partial charge is 0.377 e. The molecule has 1 aliphatic rings. The highest BCUT2D eigenvalue weighted by Gasteiger charge is 2.21. The Morgan fingerprint density at radius 3 is 3.05 bits per heavy atom. The standard InChI is InChI=1S/C13H13Cl2N3O/c1-8-7-19-5-4-18(8)11-6-10(14)9-2-3-16-13(15)12(9)17-11/h2-3,6,8H,4-5,7H2,1H3. The second-order valence-corrected chi connectivity index (χ2v) is 5.34. The van der Waals surface area contributed by atoms with Crippen molar-refractivity contribution in [3.05, 3.63) is 28.5 Å². The summed E-state index contributed by atoms with van der Waals surface area (Å²) in [6, 6.07) is 3.97. The van der Waals surface area contributed by atoms with Crippen molar-refractivity contribution in [3.63, 3.8) is 0 Å². The van der Waals surface area contributed by atoms with Crippen molar-refractivity contribution in [2.75, 3.05) is 24.7 Å². The minimum atomic E-state index is 0.269. The number of pyridine rings is 2. The summed E-state index contributed by atoms with van der Waals surface area (Å²) >= 11 is 12.4. The van der Waals surface area contributed by atoms with Gasteiger partial charge < -0.3 is 9.64 Å². The van der Waals surface area contributed by atoms with E-state index in [1.165, 1.54) is 0 Å². The van der Waals surface area contributed by atoms with Crippen LogP contribution in [0.15, 0.2) is 18.3 Å². The number of halogens is 2. The van der Waals surface area contributed by atoms with Crippen LogP contribution in [0, 0.1) is 0 Å². The highest BCUT2D eigenvalue weighted by molar-refractivity contribution is 6.38. The van der Waals surface area contributed by atoms with Gasteiger partial charge in [0, 0.05) is 18.1 Å². The first-order valence-electron chi connectivity index (χ1n) is 6.12. The van der Waals surface area contributed by atoms with E-state index in [0.29, 0.717) is 28.9 Å². The smallest absolute Gasteiger partial charge is 0.155 e. The van der Waals surface area contributed by atoms with Gasteiger partial charge in [-0.1, -0.05) is 23.2 Å². The summed E-state index contributed by atoms with van der Waals surface area (Å²) < 4.78 is 5.43. The Kier molecular flexibility index (Phi) is 3.48. The maximum atomic E-state index is 6.32. The number of ether oxygens (including phenoxy) is 1. The maximum Gasteiger partial charge on any atom is 0.155 e. The van der Waals surface area contributed by atoms with E-state index in [0.717, 1.165) is 17.7 Å². The van der Waals surface area contributed by atoms with E-state index in [1.54, 1.807) is 6.20 Å². The number of anilines is 1. The second kappa shape index (κ2) is 5.12. The van der Waals surface area contributed by atoms with Crippen molar-refractivity contribution in [2.24, 2.45) is 0 Å². The van der Waals surface area contributed by atoms with Gasteiger partial charge in [-0.2, -0.15) is 0 Å². The molecular formula is C13H13Cl2N3O. The Morgan fingerprint density at radius 2 is 2.26 bits per heavy atom. The molecule has 100 valence electrons. The summed E-state index contributed by atoms with van der Waals surface area (Å²) in [5.41, 5.74) is 0.644. The summed E-state index contributed by atoms with van der Waals surface area (Å²) in [5.74, 6) is 0.822. The summed E-state index contributed by atoms with van der Waals surface area (Å²) in [6.07, 6.45) is 1.63. The molecule has 0 aliphatic carbocycles. The summed E-state index contributed by atoms with van der Waals surface area (Å²) in [6.45, 7) is 4.29. The Bertz CT molecular complexity index is 620. The number of hydrogen-bond acceptors (Lipinski definition) is 4. The monoisotopic (exact) mass is 297 g/mol. The Hall–Kier alpha value is -1.10. The lowest BCUT2D eigenvalue weighted by atomic mass is 10.2. The van der Waals surface area contributed by atoms with Gasteiger partial charge >= 0.3 is 0 Å². The molecular weight excluding hydrogens is 285 g/mol. The molecule has 0 bridgehead atoms. The van der Waals surface area contributed by atoms with Crippen LogP contribution in [0.2, 0.25) is 10.2 Å². The topological polar surface area (TPSA) is 38.2 Å². The zero-order chi connectivity index (χ0) is 13.4. The molecule has 2 aromatic rings. The number of rotatable bonds is 1. The van der Waals surface area contributed by atoms with Crippen molar-refractivity contribution in [1.29, 1.82) is 0 Å². The zero-order valence-electron chi connectivity index (χ0n) is 10.4. The number of nitrogens with zero attached hydrogens (tertiary/aromatic N) is 3. The van der Waals surface area contributed by atoms with Crippen molar-refractivity contribution < 1.29 is 4.74 Å². The molecule has 0 radical (unpaired) electrons. The first kappa shape index (κ1) is 12.9. The molecule has 1 aliphatic heterocycles. The number of aromatic nitrogens is 2. The first-order valence-corrected chi connectivity index (χ1v) is 6.87. The number of morpholine rings is 1. The minimum absolute atomic E-state index is 0.269. The van der Waals surface area contributed by atoms with Crippen LogP contribution in [0.4, 0.5) is 5.82 Å². The molecule has 1 saturated heterocycles. The number of hydrogen-bond donors (Lipinski definition) is 0. The van der Waals surface area contributed by atoms with Crippen LogP contribution >= 0.6 is 23.2 Å². The van der Waals surface area contributed by atoms with Gasteiger partial charge in [0.25, 0.3) is 0 Å². The first-order chi connectivity index (χ1) is 9.16. The predicted octanol–water partition coefficient (Wildman–Crippen LogP) is 3.16. The van der Waals surface area contributed by atoms with E-state index in [4.69, 9.17) is 27.9 Å². The lowest BCUT2D eigenvalue weighted by molar-refractivity contribution is 0.0986.